The van der Waals surface area contributed by atoms with Crippen molar-refractivity contribution in [3.8, 4) is 11.5 Å². The van der Waals surface area contributed by atoms with Crippen LogP contribution < -0.4 is 14.8 Å². The zero-order valence-corrected chi connectivity index (χ0v) is 15.3. The van der Waals surface area contributed by atoms with E-state index in [0.717, 1.165) is 36.5 Å². The van der Waals surface area contributed by atoms with E-state index in [0.29, 0.717) is 30.2 Å². The average molecular weight is 360 g/mol. The Balaban J connectivity index is 1.64. The molecule has 0 aliphatic carbocycles. The molecule has 0 radical (unpaired) electrons. The van der Waals surface area contributed by atoms with Gasteiger partial charge in [-0.05, 0) is 44.9 Å². The van der Waals surface area contributed by atoms with Crippen LogP contribution in [-0.2, 0) is 11.3 Å². The first-order valence-corrected chi connectivity index (χ1v) is 8.71. The summed E-state index contributed by atoms with van der Waals surface area (Å²) in [6.07, 6.45) is 2.14. The number of nitrogens with zero attached hydrogens (tertiary/aromatic N) is 1. The monoisotopic (exact) mass is 360 g/mol. The molecule has 2 heterocycles. The van der Waals surface area contributed by atoms with Crippen LogP contribution in [0.25, 0.3) is 0 Å². The summed E-state index contributed by atoms with van der Waals surface area (Å²) in [6, 6.07) is 5.13. The third kappa shape index (κ3) is 4.16. The van der Waals surface area contributed by atoms with E-state index in [1.807, 2.05) is 13.8 Å². The Morgan fingerprint density at radius 1 is 1.35 bits per heavy atom. The number of hydrogen-bond acceptors (Lipinski definition) is 6. The van der Waals surface area contributed by atoms with Crippen molar-refractivity contribution in [1.82, 2.24) is 10.5 Å². The third-order valence-corrected chi connectivity index (χ3v) is 4.49. The number of methoxy groups -OCH3 is 1. The molecular weight excluding hydrogens is 336 g/mol. The van der Waals surface area contributed by atoms with Gasteiger partial charge in [0.1, 0.15) is 12.4 Å². The van der Waals surface area contributed by atoms with Gasteiger partial charge in [-0.1, -0.05) is 5.16 Å². The quantitative estimate of drug-likeness (QED) is 0.817. The Morgan fingerprint density at radius 3 is 2.85 bits per heavy atom. The molecule has 1 aromatic carbocycles. The van der Waals surface area contributed by atoms with Gasteiger partial charge in [0.05, 0.1) is 24.5 Å². The van der Waals surface area contributed by atoms with Crippen molar-refractivity contribution >= 4 is 5.91 Å². The molecule has 0 unspecified atom stereocenters. The largest absolute Gasteiger partial charge is 0.493 e. The summed E-state index contributed by atoms with van der Waals surface area (Å²) in [4.78, 5) is 12.3. The number of rotatable bonds is 7. The van der Waals surface area contributed by atoms with Crippen LogP contribution in [0.2, 0.25) is 0 Å². The minimum Gasteiger partial charge on any atom is -0.493 e. The first-order valence-electron chi connectivity index (χ1n) is 8.71. The Kier molecular flexibility index (Phi) is 5.78. The van der Waals surface area contributed by atoms with E-state index in [1.54, 1.807) is 25.3 Å². The Bertz CT molecular complexity index is 746. The van der Waals surface area contributed by atoms with Crippen molar-refractivity contribution in [2.45, 2.75) is 39.4 Å². The number of carbonyl (C=O) groups is 1. The molecule has 0 saturated carbocycles. The number of amides is 1. The molecule has 7 nitrogen and oxygen atoms in total. The van der Waals surface area contributed by atoms with Crippen molar-refractivity contribution in [2.75, 3.05) is 20.3 Å². The van der Waals surface area contributed by atoms with Gasteiger partial charge >= 0.3 is 0 Å². The van der Waals surface area contributed by atoms with Crippen LogP contribution in [0.15, 0.2) is 22.7 Å². The summed E-state index contributed by atoms with van der Waals surface area (Å²) in [5.74, 6) is 1.63. The molecule has 3 rings (SSSR count). The molecule has 1 aliphatic rings. The number of aromatic nitrogens is 1. The molecule has 0 spiro atoms. The average Bonchev–Trinajstić information content (AvgIpc) is 3.28. The van der Waals surface area contributed by atoms with Crippen LogP contribution >= 0.6 is 0 Å². The molecule has 0 bridgehead atoms. The molecular formula is C19H24N2O5. The highest BCUT2D eigenvalue weighted by atomic mass is 16.5. The number of benzene rings is 1. The number of carbonyl (C=O) groups excluding carboxylic acids is 1. The van der Waals surface area contributed by atoms with E-state index in [1.165, 1.54) is 0 Å². The summed E-state index contributed by atoms with van der Waals surface area (Å²) in [6.45, 7) is 5.32. The van der Waals surface area contributed by atoms with Gasteiger partial charge in [-0.3, -0.25) is 4.79 Å². The lowest BCUT2D eigenvalue weighted by molar-refractivity contribution is 0.0857. The first kappa shape index (κ1) is 18.3. The van der Waals surface area contributed by atoms with Gasteiger partial charge in [-0.15, -0.1) is 0 Å². The lowest BCUT2D eigenvalue weighted by Crippen LogP contribution is -2.31. The summed E-state index contributed by atoms with van der Waals surface area (Å²) in [5, 5.41) is 6.81. The van der Waals surface area contributed by atoms with E-state index < -0.39 is 0 Å². The fourth-order valence-electron chi connectivity index (χ4n) is 2.90. The molecule has 1 aliphatic heterocycles. The van der Waals surface area contributed by atoms with Crippen LogP contribution in [0.3, 0.4) is 0 Å². The second-order valence-corrected chi connectivity index (χ2v) is 6.30. The highest BCUT2D eigenvalue weighted by Crippen LogP contribution is 2.29. The van der Waals surface area contributed by atoms with Gasteiger partial charge in [0.25, 0.3) is 5.91 Å². The zero-order chi connectivity index (χ0) is 18.5. The smallest absolute Gasteiger partial charge is 0.251 e. The summed E-state index contributed by atoms with van der Waals surface area (Å²) >= 11 is 0. The highest BCUT2D eigenvalue weighted by molar-refractivity contribution is 5.94. The van der Waals surface area contributed by atoms with Crippen LogP contribution in [0.4, 0.5) is 0 Å². The normalized spacial score (nSPS) is 16.5. The number of ether oxygens (including phenoxy) is 3. The van der Waals surface area contributed by atoms with Crippen LogP contribution in [0.5, 0.6) is 11.5 Å². The predicted octanol–water partition coefficient (Wildman–Crippen LogP) is 2.79. The van der Waals surface area contributed by atoms with Gasteiger partial charge in [0.2, 0.25) is 0 Å². The van der Waals surface area contributed by atoms with E-state index in [4.69, 9.17) is 18.7 Å². The van der Waals surface area contributed by atoms with Gasteiger partial charge < -0.3 is 24.1 Å². The fourth-order valence-corrected chi connectivity index (χ4v) is 2.90. The Labute approximate surface area is 152 Å². The maximum Gasteiger partial charge on any atom is 0.251 e. The molecule has 1 saturated heterocycles. The van der Waals surface area contributed by atoms with Crippen molar-refractivity contribution in [2.24, 2.45) is 0 Å². The minimum atomic E-state index is -0.156. The summed E-state index contributed by atoms with van der Waals surface area (Å²) in [7, 11) is 1.55. The molecule has 26 heavy (non-hydrogen) atoms. The van der Waals surface area contributed by atoms with Crippen LogP contribution in [-0.4, -0.2) is 37.4 Å². The number of hydrogen-bond donors (Lipinski definition) is 1. The SMILES string of the molecule is COc1cc(C(=O)NC[C@H]2CCCO2)ccc1OCc1c(C)noc1C. The second-order valence-electron chi connectivity index (χ2n) is 6.30. The maximum absolute atomic E-state index is 12.3. The van der Waals surface area contributed by atoms with Crippen molar-refractivity contribution in [3.05, 3.63) is 40.8 Å². The van der Waals surface area contributed by atoms with Gasteiger partial charge in [-0.25, -0.2) is 0 Å². The van der Waals surface area contributed by atoms with Crippen molar-refractivity contribution in [1.29, 1.82) is 0 Å². The second kappa shape index (κ2) is 8.23. The van der Waals surface area contributed by atoms with E-state index in [2.05, 4.69) is 10.5 Å². The van der Waals surface area contributed by atoms with E-state index >= 15 is 0 Å². The molecule has 1 amide bonds. The highest BCUT2D eigenvalue weighted by Gasteiger charge is 2.18. The topological polar surface area (TPSA) is 82.8 Å². The van der Waals surface area contributed by atoms with E-state index in [-0.39, 0.29) is 12.0 Å². The standard InChI is InChI=1S/C19H24N2O5/c1-12-16(13(2)26-21-12)11-25-17-7-6-14(9-18(17)23-3)19(22)20-10-15-5-4-8-24-15/h6-7,9,15H,4-5,8,10-11H2,1-3H3,(H,20,22)/t15-/m1/s1. The van der Waals surface area contributed by atoms with Gasteiger partial charge in [-0.2, -0.15) is 0 Å². The molecule has 2 aromatic rings. The number of aryl methyl sites for hydroxylation is 2. The van der Waals surface area contributed by atoms with Crippen LogP contribution in [0.1, 0.15) is 40.2 Å². The Hall–Kier alpha value is -2.54. The van der Waals surface area contributed by atoms with Crippen molar-refractivity contribution < 1.29 is 23.5 Å². The lowest BCUT2D eigenvalue weighted by atomic mass is 10.1. The maximum atomic E-state index is 12.3. The molecule has 1 atom stereocenters. The Morgan fingerprint density at radius 2 is 2.19 bits per heavy atom. The summed E-state index contributed by atoms with van der Waals surface area (Å²) < 4.78 is 21.9. The molecule has 1 N–H and O–H groups in total. The predicted molar refractivity (Wildman–Crippen MR) is 94.6 cm³/mol. The van der Waals surface area contributed by atoms with Crippen LogP contribution in [0, 0.1) is 13.8 Å². The first-order chi connectivity index (χ1) is 12.6. The van der Waals surface area contributed by atoms with Gasteiger partial charge in [0, 0.05) is 18.7 Å². The molecule has 1 aromatic heterocycles. The van der Waals surface area contributed by atoms with Gasteiger partial charge in [0.15, 0.2) is 11.5 Å². The lowest BCUT2D eigenvalue weighted by Gasteiger charge is -2.13. The third-order valence-electron chi connectivity index (χ3n) is 4.49. The molecule has 140 valence electrons. The molecule has 1 fully saturated rings. The van der Waals surface area contributed by atoms with E-state index in [9.17, 15) is 4.79 Å². The molecule has 7 heteroatoms. The van der Waals surface area contributed by atoms with Crippen molar-refractivity contribution in [3.63, 3.8) is 0 Å². The summed E-state index contributed by atoms with van der Waals surface area (Å²) in [5.41, 5.74) is 2.22. The fraction of sp³-hybridized carbons (Fsp3) is 0.474. The minimum absolute atomic E-state index is 0.110. The zero-order valence-electron chi connectivity index (χ0n) is 15.3. The number of nitrogens with one attached hydrogen (secondary N) is 1.